The third-order valence-corrected chi connectivity index (χ3v) is 5.64. The van der Waals surface area contributed by atoms with E-state index in [1.54, 1.807) is 0 Å². The fourth-order valence-electron chi connectivity index (χ4n) is 4.52. The van der Waals surface area contributed by atoms with E-state index < -0.39 is 5.97 Å². The molecule has 0 bridgehead atoms. The highest BCUT2D eigenvalue weighted by molar-refractivity contribution is 5.94. The summed E-state index contributed by atoms with van der Waals surface area (Å²) in [7, 11) is 0. The average molecular weight is 329 g/mol. The molecule has 0 saturated heterocycles. The molecule has 2 fully saturated rings. The lowest BCUT2D eigenvalue weighted by Gasteiger charge is -2.41. The molecule has 2 aliphatic carbocycles. The summed E-state index contributed by atoms with van der Waals surface area (Å²) in [4.78, 5) is 26.6. The monoisotopic (exact) mass is 329 g/mol. The summed E-state index contributed by atoms with van der Waals surface area (Å²) >= 11 is 0. The summed E-state index contributed by atoms with van der Waals surface area (Å²) in [5, 5.41) is 9.24. The summed E-state index contributed by atoms with van der Waals surface area (Å²) in [6, 6.07) is 9.82. The molecule has 1 aromatic carbocycles. The van der Waals surface area contributed by atoms with Crippen LogP contribution in [0.2, 0.25) is 0 Å². The highest BCUT2D eigenvalue weighted by Gasteiger charge is 2.39. The first kappa shape index (κ1) is 17.0. The van der Waals surface area contributed by atoms with Gasteiger partial charge >= 0.3 is 5.97 Å². The zero-order chi connectivity index (χ0) is 16.9. The maximum Gasteiger partial charge on any atom is 0.303 e. The SMILES string of the molecule is O=C(O)C[C@@H]1CCC[C@@H]1N(C(=O)c1ccccc1)C1CCCCC1. The largest absolute Gasteiger partial charge is 0.481 e. The summed E-state index contributed by atoms with van der Waals surface area (Å²) in [6.07, 6.45) is 8.73. The third-order valence-electron chi connectivity index (χ3n) is 5.64. The lowest BCUT2D eigenvalue weighted by atomic mass is 9.89. The maximum atomic E-state index is 13.2. The molecule has 4 heteroatoms. The molecule has 0 aromatic heterocycles. The van der Waals surface area contributed by atoms with Crippen LogP contribution in [0.15, 0.2) is 30.3 Å². The Morgan fingerprint density at radius 2 is 1.67 bits per heavy atom. The zero-order valence-electron chi connectivity index (χ0n) is 14.2. The van der Waals surface area contributed by atoms with Crippen LogP contribution in [0.5, 0.6) is 0 Å². The number of carboxylic acid groups (broad SMARTS) is 1. The van der Waals surface area contributed by atoms with E-state index in [0.717, 1.165) is 37.7 Å². The standard InChI is InChI=1S/C20H27NO3/c22-19(23)14-16-10-7-13-18(16)21(17-11-5-2-6-12-17)20(24)15-8-3-1-4-9-15/h1,3-4,8-9,16-18H,2,5-7,10-14H2,(H,22,23)/t16-,18-/m0/s1. The van der Waals surface area contributed by atoms with Crippen molar-refractivity contribution in [2.45, 2.75) is 69.9 Å². The summed E-state index contributed by atoms with van der Waals surface area (Å²) in [6.45, 7) is 0. The summed E-state index contributed by atoms with van der Waals surface area (Å²) in [5.41, 5.74) is 0.726. The quantitative estimate of drug-likeness (QED) is 0.884. The Hall–Kier alpha value is -1.84. The van der Waals surface area contributed by atoms with Crippen LogP contribution in [-0.4, -0.2) is 34.0 Å². The van der Waals surface area contributed by atoms with Crippen molar-refractivity contribution in [3.63, 3.8) is 0 Å². The van der Waals surface area contributed by atoms with E-state index >= 15 is 0 Å². The Kier molecular flexibility index (Phi) is 5.54. The second-order valence-corrected chi connectivity index (χ2v) is 7.23. The van der Waals surface area contributed by atoms with Gasteiger partial charge in [0.05, 0.1) is 6.42 Å². The Bertz CT molecular complexity index is 566. The zero-order valence-corrected chi connectivity index (χ0v) is 14.2. The van der Waals surface area contributed by atoms with Crippen LogP contribution >= 0.6 is 0 Å². The van der Waals surface area contributed by atoms with E-state index in [9.17, 15) is 14.7 Å². The van der Waals surface area contributed by atoms with Crippen molar-refractivity contribution in [3.05, 3.63) is 35.9 Å². The van der Waals surface area contributed by atoms with Crippen LogP contribution < -0.4 is 0 Å². The Morgan fingerprint density at radius 3 is 2.33 bits per heavy atom. The number of carboxylic acids is 1. The van der Waals surface area contributed by atoms with E-state index in [-0.39, 0.29) is 30.3 Å². The Labute approximate surface area is 143 Å². The average Bonchev–Trinajstić information content (AvgIpc) is 3.04. The molecular formula is C20H27NO3. The van der Waals surface area contributed by atoms with Crippen molar-refractivity contribution in [2.75, 3.05) is 0 Å². The maximum absolute atomic E-state index is 13.2. The van der Waals surface area contributed by atoms with Gasteiger partial charge in [0.1, 0.15) is 0 Å². The lowest BCUT2D eigenvalue weighted by molar-refractivity contribution is -0.138. The van der Waals surface area contributed by atoms with E-state index in [1.165, 1.54) is 19.3 Å². The number of hydrogen-bond acceptors (Lipinski definition) is 2. The van der Waals surface area contributed by atoms with Crippen LogP contribution in [-0.2, 0) is 4.79 Å². The normalized spacial score (nSPS) is 24.7. The molecule has 1 N–H and O–H groups in total. The molecule has 130 valence electrons. The van der Waals surface area contributed by atoms with Crippen molar-refractivity contribution in [3.8, 4) is 0 Å². The van der Waals surface area contributed by atoms with Gasteiger partial charge in [-0.05, 0) is 43.7 Å². The minimum atomic E-state index is -0.748. The van der Waals surface area contributed by atoms with Gasteiger partial charge in [0.2, 0.25) is 0 Å². The first-order valence-corrected chi connectivity index (χ1v) is 9.26. The third kappa shape index (κ3) is 3.80. The fourth-order valence-corrected chi connectivity index (χ4v) is 4.52. The van der Waals surface area contributed by atoms with E-state index in [1.807, 2.05) is 30.3 Å². The van der Waals surface area contributed by atoms with Gasteiger partial charge in [-0.25, -0.2) is 0 Å². The molecule has 0 radical (unpaired) electrons. The molecule has 24 heavy (non-hydrogen) atoms. The number of rotatable bonds is 5. The first-order valence-electron chi connectivity index (χ1n) is 9.26. The predicted molar refractivity (Wildman–Crippen MR) is 92.9 cm³/mol. The van der Waals surface area contributed by atoms with Gasteiger partial charge < -0.3 is 10.0 Å². The van der Waals surface area contributed by atoms with Gasteiger partial charge in [-0.1, -0.05) is 43.9 Å². The van der Waals surface area contributed by atoms with Gasteiger partial charge in [-0.3, -0.25) is 9.59 Å². The highest BCUT2D eigenvalue weighted by Crippen LogP contribution is 2.37. The molecule has 0 unspecified atom stereocenters. The van der Waals surface area contributed by atoms with E-state index in [0.29, 0.717) is 0 Å². The molecule has 0 aliphatic heterocycles. The molecule has 0 heterocycles. The van der Waals surface area contributed by atoms with Crippen LogP contribution in [0.4, 0.5) is 0 Å². The fraction of sp³-hybridized carbons (Fsp3) is 0.600. The van der Waals surface area contributed by atoms with Crippen LogP contribution in [0.1, 0.15) is 68.1 Å². The van der Waals surface area contributed by atoms with E-state index in [2.05, 4.69) is 4.90 Å². The molecule has 3 rings (SSSR count). The minimum absolute atomic E-state index is 0.0805. The van der Waals surface area contributed by atoms with Crippen molar-refractivity contribution in [2.24, 2.45) is 5.92 Å². The van der Waals surface area contributed by atoms with Crippen LogP contribution in [0.3, 0.4) is 0 Å². The molecule has 0 spiro atoms. The smallest absolute Gasteiger partial charge is 0.303 e. The topological polar surface area (TPSA) is 57.6 Å². The second kappa shape index (κ2) is 7.82. The lowest BCUT2D eigenvalue weighted by Crippen LogP contribution is -2.49. The van der Waals surface area contributed by atoms with Crippen molar-refractivity contribution in [1.82, 2.24) is 4.90 Å². The number of amides is 1. The molecule has 4 nitrogen and oxygen atoms in total. The van der Waals surface area contributed by atoms with Crippen molar-refractivity contribution >= 4 is 11.9 Å². The van der Waals surface area contributed by atoms with Gasteiger partial charge in [-0.2, -0.15) is 0 Å². The van der Waals surface area contributed by atoms with Crippen LogP contribution in [0, 0.1) is 5.92 Å². The number of aliphatic carboxylic acids is 1. The second-order valence-electron chi connectivity index (χ2n) is 7.23. The minimum Gasteiger partial charge on any atom is -0.481 e. The molecule has 1 amide bonds. The summed E-state index contributed by atoms with van der Waals surface area (Å²) < 4.78 is 0. The molecule has 2 aliphatic rings. The summed E-state index contributed by atoms with van der Waals surface area (Å²) in [5.74, 6) is -0.565. The molecule has 2 saturated carbocycles. The van der Waals surface area contributed by atoms with Gasteiger partial charge in [0, 0.05) is 17.6 Å². The van der Waals surface area contributed by atoms with Gasteiger partial charge in [0.25, 0.3) is 5.91 Å². The number of hydrogen-bond donors (Lipinski definition) is 1. The van der Waals surface area contributed by atoms with Crippen LogP contribution in [0.25, 0.3) is 0 Å². The number of benzene rings is 1. The predicted octanol–water partition coefficient (Wildman–Crippen LogP) is 4.10. The van der Waals surface area contributed by atoms with Gasteiger partial charge in [0.15, 0.2) is 0 Å². The van der Waals surface area contributed by atoms with Gasteiger partial charge in [-0.15, -0.1) is 0 Å². The number of carbonyl (C=O) groups is 2. The number of nitrogens with zero attached hydrogens (tertiary/aromatic N) is 1. The van der Waals surface area contributed by atoms with Crippen molar-refractivity contribution < 1.29 is 14.7 Å². The van der Waals surface area contributed by atoms with Crippen molar-refractivity contribution in [1.29, 1.82) is 0 Å². The first-order chi connectivity index (χ1) is 11.7. The van der Waals surface area contributed by atoms with E-state index in [4.69, 9.17) is 0 Å². The Morgan fingerprint density at radius 1 is 0.958 bits per heavy atom. The molecule has 2 atom stereocenters. The molecular weight excluding hydrogens is 302 g/mol. The highest BCUT2D eigenvalue weighted by atomic mass is 16.4. The Balaban J connectivity index is 1.86. The number of carbonyl (C=O) groups excluding carboxylic acids is 1. The molecule has 1 aromatic rings.